The molecule has 0 aliphatic carbocycles. The number of nitrogens with zero attached hydrogens (tertiary/aromatic N) is 2. The van der Waals surface area contributed by atoms with E-state index in [1.807, 2.05) is 6.92 Å². The van der Waals surface area contributed by atoms with Crippen molar-refractivity contribution < 1.29 is 9.18 Å². The Morgan fingerprint density at radius 3 is 3.00 bits per heavy atom. The summed E-state index contributed by atoms with van der Waals surface area (Å²) in [6.07, 6.45) is 4.83. The lowest BCUT2D eigenvalue weighted by molar-refractivity contribution is 0.0975. The molecule has 0 N–H and O–H groups in total. The Hall–Kier alpha value is -2.23. The lowest BCUT2D eigenvalue weighted by Gasteiger charge is -2.35. The summed E-state index contributed by atoms with van der Waals surface area (Å²) in [5.74, 6) is -0.342. The topological polar surface area (TPSA) is 33.2 Å². The normalized spacial score (nSPS) is 17.7. The summed E-state index contributed by atoms with van der Waals surface area (Å²) in [6.45, 7) is 2.01. The molecule has 102 valence electrons. The predicted molar refractivity (Wildman–Crippen MR) is 75.2 cm³/mol. The average Bonchev–Trinajstić information content (AvgIpc) is 2.48. The van der Waals surface area contributed by atoms with E-state index in [9.17, 15) is 9.18 Å². The van der Waals surface area contributed by atoms with E-state index in [1.54, 1.807) is 35.5 Å². The van der Waals surface area contributed by atoms with Gasteiger partial charge in [0.2, 0.25) is 0 Å². The van der Waals surface area contributed by atoms with Crippen molar-refractivity contribution in [2.24, 2.45) is 0 Å². The fraction of sp³-hybridized carbons (Fsp3) is 0.250. The highest BCUT2D eigenvalue weighted by Gasteiger charge is 2.29. The minimum Gasteiger partial charge on any atom is -0.305 e. The smallest absolute Gasteiger partial charge is 0.260 e. The molecule has 0 unspecified atom stereocenters. The van der Waals surface area contributed by atoms with E-state index in [-0.39, 0.29) is 17.8 Å². The number of carbonyl (C=O) groups is 1. The van der Waals surface area contributed by atoms with E-state index in [1.165, 1.54) is 12.1 Å². The molecular formula is C16H15FN2O. The van der Waals surface area contributed by atoms with Gasteiger partial charge in [0, 0.05) is 24.1 Å². The maximum atomic E-state index is 13.3. The predicted octanol–water partition coefficient (Wildman–Crippen LogP) is 3.20. The third-order valence-corrected chi connectivity index (χ3v) is 3.70. The van der Waals surface area contributed by atoms with Crippen molar-refractivity contribution in [2.75, 3.05) is 4.90 Å². The Morgan fingerprint density at radius 2 is 2.25 bits per heavy atom. The van der Waals surface area contributed by atoms with E-state index in [4.69, 9.17) is 0 Å². The van der Waals surface area contributed by atoms with E-state index in [0.29, 0.717) is 5.56 Å². The number of aryl methyl sites for hydroxylation is 1. The van der Waals surface area contributed by atoms with Crippen molar-refractivity contribution in [3.63, 3.8) is 0 Å². The second kappa shape index (κ2) is 5.04. The number of benzene rings is 1. The fourth-order valence-corrected chi connectivity index (χ4v) is 2.66. The van der Waals surface area contributed by atoms with Gasteiger partial charge in [0.1, 0.15) is 5.82 Å². The van der Waals surface area contributed by atoms with Crippen molar-refractivity contribution in [1.29, 1.82) is 0 Å². The van der Waals surface area contributed by atoms with Crippen LogP contribution in [0.15, 0.2) is 42.7 Å². The molecule has 1 aromatic carbocycles. The molecular weight excluding hydrogens is 255 g/mol. The van der Waals surface area contributed by atoms with Crippen LogP contribution in [0.1, 0.15) is 29.3 Å². The van der Waals surface area contributed by atoms with E-state index >= 15 is 0 Å². The highest BCUT2D eigenvalue weighted by atomic mass is 19.1. The summed E-state index contributed by atoms with van der Waals surface area (Å²) in [7, 11) is 0. The molecule has 0 bridgehead atoms. The maximum Gasteiger partial charge on any atom is 0.260 e. The number of pyridine rings is 1. The first kappa shape index (κ1) is 12.8. The van der Waals surface area contributed by atoms with Crippen molar-refractivity contribution >= 4 is 11.6 Å². The van der Waals surface area contributed by atoms with Crippen LogP contribution in [0.4, 0.5) is 10.1 Å². The monoisotopic (exact) mass is 270 g/mol. The molecule has 2 aromatic rings. The zero-order valence-electron chi connectivity index (χ0n) is 11.2. The van der Waals surface area contributed by atoms with Gasteiger partial charge in [-0.3, -0.25) is 9.78 Å². The van der Waals surface area contributed by atoms with Crippen LogP contribution in [-0.2, 0) is 6.42 Å². The summed E-state index contributed by atoms with van der Waals surface area (Å²) < 4.78 is 13.3. The molecule has 0 spiro atoms. The van der Waals surface area contributed by atoms with Gasteiger partial charge >= 0.3 is 0 Å². The van der Waals surface area contributed by atoms with Gasteiger partial charge in [-0.05, 0) is 55.7 Å². The number of rotatable bonds is 1. The number of carbonyl (C=O) groups excluding carboxylic acids is 1. The second-order valence-corrected chi connectivity index (χ2v) is 5.08. The molecule has 1 atom stereocenters. The lowest BCUT2D eigenvalue weighted by atomic mass is 9.95. The fourth-order valence-electron chi connectivity index (χ4n) is 2.66. The largest absolute Gasteiger partial charge is 0.305 e. The van der Waals surface area contributed by atoms with Gasteiger partial charge in [-0.1, -0.05) is 0 Å². The second-order valence-electron chi connectivity index (χ2n) is 5.08. The number of hydrogen-bond acceptors (Lipinski definition) is 2. The van der Waals surface area contributed by atoms with Crippen LogP contribution >= 0.6 is 0 Å². The van der Waals surface area contributed by atoms with Gasteiger partial charge in [0.05, 0.1) is 5.56 Å². The van der Waals surface area contributed by atoms with Crippen LogP contribution in [0.25, 0.3) is 0 Å². The Morgan fingerprint density at radius 1 is 1.40 bits per heavy atom. The lowest BCUT2D eigenvalue weighted by Crippen LogP contribution is -2.42. The number of amides is 1. The molecule has 1 aliphatic rings. The molecule has 20 heavy (non-hydrogen) atoms. The third-order valence-electron chi connectivity index (χ3n) is 3.70. The van der Waals surface area contributed by atoms with Crippen LogP contribution in [0.5, 0.6) is 0 Å². The van der Waals surface area contributed by atoms with Crippen LogP contribution in [0.2, 0.25) is 0 Å². The minimum absolute atomic E-state index is 0.0850. The zero-order chi connectivity index (χ0) is 14.1. The molecule has 0 radical (unpaired) electrons. The molecule has 3 nitrogen and oxygen atoms in total. The van der Waals surface area contributed by atoms with Gasteiger partial charge in [0.15, 0.2) is 0 Å². The van der Waals surface area contributed by atoms with Crippen LogP contribution in [-0.4, -0.2) is 16.9 Å². The summed E-state index contributed by atoms with van der Waals surface area (Å²) in [5.41, 5.74) is 2.25. The number of anilines is 1. The first-order valence-electron chi connectivity index (χ1n) is 6.69. The average molecular weight is 270 g/mol. The number of aromatic nitrogens is 1. The summed E-state index contributed by atoms with van der Waals surface area (Å²) >= 11 is 0. The molecule has 0 saturated heterocycles. The highest BCUT2D eigenvalue weighted by Crippen LogP contribution is 2.32. The third kappa shape index (κ3) is 2.18. The number of halogens is 1. The minimum atomic E-state index is -0.257. The van der Waals surface area contributed by atoms with Crippen LogP contribution in [0.3, 0.4) is 0 Å². The molecule has 0 fully saturated rings. The summed E-state index contributed by atoms with van der Waals surface area (Å²) in [5, 5.41) is 0. The Balaban J connectivity index is 2.03. The Bertz CT molecular complexity index is 642. The molecule has 1 aromatic heterocycles. The number of hydrogen-bond donors (Lipinski definition) is 0. The summed E-state index contributed by atoms with van der Waals surface area (Å²) in [6, 6.07) is 8.20. The molecule has 4 heteroatoms. The van der Waals surface area contributed by atoms with Crippen molar-refractivity contribution in [3.05, 3.63) is 59.7 Å². The zero-order valence-corrected chi connectivity index (χ0v) is 11.2. The first-order valence-corrected chi connectivity index (χ1v) is 6.69. The van der Waals surface area contributed by atoms with Crippen molar-refractivity contribution in [1.82, 2.24) is 4.98 Å². The van der Waals surface area contributed by atoms with E-state index < -0.39 is 0 Å². The van der Waals surface area contributed by atoms with Crippen LogP contribution < -0.4 is 4.90 Å². The quantitative estimate of drug-likeness (QED) is 0.797. The number of fused-ring (bicyclic) bond motifs is 1. The molecule has 3 rings (SSSR count). The van der Waals surface area contributed by atoms with Crippen LogP contribution in [0, 0.1) is 5.82 Å². The summed E-state index contributed by atoms with van der Waals surface area (Å²) in [4.78, 5) is 18.4. The van der Waals surface area contributed by atoms with Gasteiger partial charge in [-0.2, -0.15) is 0 Å². The maximum absolute atomic E-state index is 13.3. The van der Waals surface area contributed by atoms with Gasteiger partial charge in [0.25, 0.3) is 5.91 Å². The molecule has 0 saturated carbocycles. The molecule has 2 heterocycles. The Kier molecular flexibility index (Phi) is 3.22. The van der Waals surface area contributed by atoms with Gasteiger partial charge < -0.3 is 4.90 Å². The standard InChI is InChI=1S/C16H15FN2O/c1-11-4-5-12-9-14(17)6-7-15(12)19(11)16(20)13-3-2-8-18-10-13/h2-3,6-11H,4-5H2,1H3/t11-/m0/s1. The highest BCUT2D eigenvalue weighted by molar-refractivity contribution is 6.06. The molecule has 1 amide bonds. The van der Waals surface area contributed by atoms with Crippen molar-refractivity contribution in [2.45, 2.75) is 25.8 Å². The Labute approximate surface area is 117 Å². The van der Waals surface area contributed by atoms with E-state index in [2.05, 4.69) is 4.98 Å². The van der Waals surface area contributed by atoms with E-state index in [0.717, 1.165) is 24.1 Å². The van der Waals surface area contributed by atoms with Gasteiger partial charge in [-0.15, -0.1) is 0 Å². The van der Waals surface area contributed by atoms with Crippen molar-refractivity contribution in [3.8, 4) is 0 Å². The van der Waals surface area contributed by atoms with Gasteiger partial charge in [-0.25, -0.2) is 4.39 Å². The molecule has 1 aliphatic heterocycles. The first-order chi connectivity index (χ1) is 9.66. The SMILES string of the molecule is C[C@H]1CCc2cc(F)ccc2N1C(=O)c1cccnc1.